The van der Waals surface area contributed by atoms with E-state index < -0.39 is 0 Å². The molecule has 2 heteroatoms. The van der Waals surface area contributed by atoms with E-state index in [1.54, 1.807) is 0 Å². The van der Waals surface area contributed by atoms with Crippen molar-refractivity contribution in [3.63, 3.8) is 0 Å². The van der Waals surface area contributed by atoms with E-state index >= 15 is 0 Å². The quantitative estimate of drug-likeness (QED) is 0.359. The van der Waals surface area contributed by atoms with Gasteiger partial charge in [0.1, 0.15) is 12.4 Å². The smallest absolute Gasteiger partial charge is 0.166 e. The van der Waals surface area contributed by atoms with E-state index in [1.807, 2.05) is 18.2 Å². The molecule has 0 aliphatic heterocycles. The summed E-state index contributed by atoms with van der Waals surface area (Å²) in [6.07, 6.45) is 0. The van der Waals surface area contributed by atoms with Crippen LogP contribution < -0.4 is 4.74 Å². The van der Waals surface area contributed by atoms with Gasteiger partial charge in [-0.25, -0.2) is 0 Å². The normalized spacial score (nSPS) is 10.7. The maximum atomic E-state index is 5.94. The predicted molar refractivity (Wildman–Crippen MR) is 112 cm³/mol. The molecule has 0 fully saturated rings. The summed E-state index contributed by atoms with van der Waals surface area (Å²) in [5.41, 5.74) is 1.18. The van der Waals surface area contributed by atoms with Crippen LogP contribution in [-0.2, 0) is 17.5 Å². The third-order valence-corrected chi connectivity index (χ3v) is 6.50. The standard InChI is InChI=1S/C25H21OS/c1-4-10-21(11-5-1)20-26-22-16-18-25(19-17-22)27(23-12-6-2-7-13-23)24-14-8-3-9-15-24/h1-19H,20H2/q+1. The van der Waals surface area contributed by atoms with E-state index in [1.165, 1.54) is 20.2 Å². The molecule has 0 unspecified atom stereocenters. The number of ether oxygens (including phenoxy) is 1. The summed E-state index contributed by atoms with van der Waals surface area (Å²) in [7, 11) is -0.118. The molecule has 4 aromatic rings. The van der Waals surface area contributed by atoms with Gasteiger partial charge in [-0.05, 0) is 54.1 Å². The lowest BCUT2D eigenvalue weighted by atomic mass is 10.2. The molecule has 0 saturated carbocycles. The molecule has 0 heterocycles. The Balaban J connectivity index is 1.58. The van der Waals surface area contributed by atoms with Gasteiger partial charge < -0.3 is 4.74 Å². The zero-order chi connectivity index (χ0) is 18.3. The van der Waals surface area contributed by atoms with Crippen LogP contribution in [0.2, 0.25) is 0 Å². The second-order valence-electron chi connectivity index (χ2n) is 6.18. The van der Waals surface area contributed by atoms with Gasteiger partial charge in [-0.2, -0.15) is 0 Å². The fraction of sp³-hybridized carbons (Fsp3) is 0.0400. The van der Waals surface area contributed by atoms with Crippen molar-refractivity contribution < 1.29 is 4.74 Å². The maximum Gasteiger partial charge on any atom is 0.166 e. The Hall–Kier alpha value is -2.97. The van der Waals surface area contributed by atoms with Crippen LogP contribution in [0.4, 0.5) is 0 Å². The molecule has 0 atom stereocenters. The van der Waals surface area contributed by atoms with Crippen LogP contribution >= 0.6 is 0 Å². The van der Waals surface area contributed by atoms with Crippen molar-refractivity contribution in [1.29, 1.82) is 0 Å². The first kappa shape index (κ1) is 17.4. The Kier molecular flexibility index (Phi) is 5.56. The highest BCUT2D eigenvalue weighted by molar-refractivity contribution is 7.97. The summed E-state index contributed by atoms with van der Waals surface area (Å²) < 4.78 is 5.94. The Morgan fingerprint density at radius 1 is 0.481 bits per heavy atom. The maximum absolute atomic E-state index is 5.94. The van der Waals surface area contributed by atoms with E-state index in [2.05, 4.69) is 97.1 Å². The predicted octanol–water partition coefficient (Wildman–Crippen LogP) is 6.36. The molecule has 0 amide bonds. The van der Waals surface area contributed by atoms with Gasteiger partial charge in [-0.3, -0.25) is 0 Å². The Morgan fingerprint density at radius 3 is 1.44 bits per heavy atom. The largest absolute Gasteiger partial charge is 0.489 e. The lowest BCUT2D eigenvalue weighted by Crippen LogP contribution is -2.04. The number of rotatable bonds is 6. The fourth-order valence-corrected chi connectivity index (χ4v) is 5.02. The van der Waals surface area contributed by atoms with Crippen molar-refractivity contribution in [2.45, 2.75) is 21.3 Å². The molecule has 0 bridgehead atoms. The average molecular weight is 370 g/mol. The summed E-state index contributed by atoms with van der Waals surface area (Å²) >= 11 is 0. The monoisotopic (exact) mass is 369 g/mol. The van der Waals surface area contributed by atoms with Gasteiger partial charge in [-0.1, -0.05) is 66.7 Å². The highest BCUT2D eigenvalue weighted by Crippen LogP contribution is 2.31. The number of hydrogen-bond acceptors (Lipinski definition) is 1. The van der Waals surface area contributed by atoms with E-state index in [-0.39, 0.29) is 10.9 Å². The molecule has 4 aromatic carbocycles. The molecule has 0 N–H and O–H groups in total. The number of hydrogen-bond donors (Lipinski definition) is 0. The van der Waals surface area contributed by atoms with Gasteiger partial charge >= 0.3 is 0 Å². The Morgan fingerprint density at radius 2 is 0.926 bits per heavy atom. The van der Waals surface area contributed by atoms with Crippen molar-refractivity contribution in [1.82, 2.24) is 0 Å². The van der Waals surface area contributed by atoms with Gasteiger partial charge in [0.05, 0.1) is 10.9 Å². The average Bonchev–Trinajstić information content (AvgIpc) is 2.76. The molecule has 0 saturated heterocycles. The molecule has 0 aromatic heterocycles. The fourth-order valence-electron chi connectivity index (χ4n) is 2.93. The van der Waals surface area contributed by atoms with Crippen molar-refractivity contribution in [3.05, 3.63) is 121 Å². The van der Waals surface area contributed by atoms with Crippen molar-refractivity contribution in [2.75, 3.05) is 0 Å². The second kappa shape index (κ2) is 8.61. The molecule has 4 rings (SSSR count). The van der Waals surface area contributed by atoms with Crippen molar-refractivity contribution in [2.24, 2.45) is 0 Å². The van der Waals surface area contributed by atoms with Crippen LogP contribution in [0, 0.1) is 0 Å². The highest BCUT2D eigenvalue weighted by Gasteiger charge is 2.28. The Bertz CT molecular complexity index is 912. The molecular weight excluding hydrogens is 348 g/mol. The zero-order valence-corrected chi connectivity index (χ0v) is 15.8. The van der Waals surface area contributed by atoms with Gasteiger partial charge in [-0.15, -0.1) is 0 Å². The third-order valence-electron chi connectivity index (χ3n) is 4.27. The lowest BCUT2D eigenvalue weighted by Gasteiger charge is -2.09. The van der Waals surface area contributed by atoms with Crippen LogP contribution in [0.25, 0.3) is 0 Å². The van der Waals surface area contributed by atoms with Gasteiger partial charge in [0.15, 0.2) is 14.7 Å². The summed E-state index contributed by atoms with van der Waals surface area (Å²) in [5.74, 6) is 0.896. The van der Waals surface area contributed by atoms with Crippen molar-refractivity contribution >= 4 is 10.9 Å². The van der Waals surface area contributed by atoms with Crippen LogP contribution in [0.5, 0.6) is 5.75 Å². The second-order valence-corrected chi connectivity index (χ2v) is 8.20. The van der Waals surface area contributed by atoms with Crippen molar-refractivity contribution in [3.8, 4) is 5.75 Å². The zero-order valence-electron chi connectivity index (χ0n) is 15.0. The molecule has 132 valence electrons. The first-order chi connectivity index (χ1) is 13.4. The molecule has 0 radical (unpaired) electrons. The first-order valence-corrected chi connectivity index (χ1v) is 10.2. The lowest BCUT2D eigenvalue weighted by molar-refractivity contribution is 0.306. The summed E-state index contributed by atoms with van der Waals surface area (Å²) in [4.78, 5) is 3.93. The molecule has 0 aliphatic rings. The van der Waals surface area contributed by atoms with E-state index in [0.717, 1.165) is 5.75 Å². The minimum atomic E-state index is -0.118. The molecule has 27 heavy (non-hydrogen) atoms. The summed E-state index contributed by atoms with van der Waals surface area (Å²) in [6.45, 7) is 0.587. The Labute approximate surface area is 163 Å². The minimum absolute atomic E-state index is 0.118. The van der Waals surface area contributed by atoms with Crippen LogP contribution in [0.15, 0.2) is 130 Å². The van der Waals surface area contributed by atoms with Crippen LogP contribution in [0.3, 0.4) is 0 Å². The van der Waals surface area contributed by atoms with E-state index in [4.69, 9.17) is 4.74 Å². The SMILES string of the molecule is c1ccc(COc2ccc([S+](c3ccccc3)c3ccccc3)cc2)cc1. The van der Waals surface area contributed by atoms with Crippen LogP contribution in [0.1, 0.15) is 5.56 Å². The first-order valence-electron chi connectivity index (χ1n) is 9.01. The number of benzene rings is 4. The van der Waals surface area contributed by atoms with Gasteiger partial charge in [0, 0.05) is 0 Å². The minimum Gasteiger partial charge on any atom is -0.489 e. The summed E-state index contributed by atoms with van der Waals surface area (Å²) in [6, 6.07) is 40.1. The van der Waals surface area contributed by atoms with Gasteiger partial charge in [0.25, 0.3) is 0 Å². The third kappa shape index (κ3) is 4.42. The molecular formula is C25H21OS+. The van der Waals surface area contributed by atoms with Gasteiger partial charge in [0.2, 0.25) is 0 Å². The van der Waals surface area contributed by atoms with E-state index in [0.29, 0.717) is 6.61 Å². The highest BCUT2D eigenvalue weighted by atomic mass is 32.2. The van der Waals surface area contributed by atoms with Crippen LogP contribution in [-0.4, -0.2) is 0 Å². The molecule has 0 aliphatic carbocycles. The molecule has 0 spiro atoms. The van der Waals surface area contributed by atoms with E-state index in [9.17, 15) is 0 Å². The summed E-state index contributed by atoms with van der Waals surface area (Å²) in [5, 5.41) is 0. The topological polar surface area (TPSA) is 9.23 Å². The molecule has 1 nitrogen and oxygen atoms in total.